The molecule has 2 rings (SSSR count). The molecule has 29 heavy (non-hydrogen) atoms. The van der Waals surface area contributed by atoms with Crippen LogP contribution in [0.25, 0.3) is 10.8 Å². The van der Waals surface area contributed by atoms with Crippen LogP contribution in [0.2, 0.25) is 0 Å². The highest BCUT2D eigenvalue weighted by molar-refractivity contribution is 5.90. The number of aliphatic hydroxyl groups is 1. The zero-order chi connectivity index (χ0) is 21.4. The zero-order valence-electron chi connectivity index (χ0n) is 16.6. The fraction of sp³-hybridized carbons (Fsp3) is 0.429. The van der Waals surface area contributed by atoms with Crippen LogP contribution in [0, 0.1) is 11.8 Å². The van der Waals surface area contributed by atoms with E-state index in [1.54, 1.807) is 11.0 Å². The van der Waals surface area contributed by atoms with Gasteiger partial charge in [0.15, 0.2) is 0 Å². The van der Waals surface area contributed by atoms with Crippen molar-refractivity contribution in [2.75, 3.05) is 0 Å². The molecule has 2 amide bonds. The van der Waals surface area contributed by atoms with E-state index in [1.807, 2.05) is 56.3 Å². The van der Waals surface area contributed by atoms with Crippen LogP contribution in [-0.4, -0.2) is 39.6 Å². The van der Waals surface area contributed by atoms with Crippen molar-refractivity contribution in [3.8, 4) is 0 Å². The predicted molar refractivity (Wildman–Crippen MR) is 108 cm³/mol. The van der Waals surface area contributed by atoms with Crippen molar-refractivity contribution in [1.29, 1.82) is 0 Å². The van der Waals surface area contributed by atoms with E-state index in [1.165, 1.54) is 0 Å². The van der Waals surface area contributed by atoms with E-state index in [9.17, 15) is 14.7 Å². The lowest BCUT2D eigenvalue weighted by atomic mass is 9.91. The van der Waals surface area contributed by atoms with E-state index >= 15 is 0 Å². The Morgan fingerprint density at radius 2 is 1.66 bits per heavy atom. The molecule has 3 atom stereocenters. The normalized spacial score (nSPS) is 14.4. The van der Waals surface area contributed by atoms with Crippen LogP contribution < -0.4 is 16.3 Å². The third kappa shape index (κ3) is 6.50. The zero-order valence-corrected chi connectivity index (χ0v) is 16.6. The van der Waals surface area contributed by atoms with Crippen LogP contribution in [0.3, 0.4) is 0 Å². The van der Waals surface area contributed by atoms with Crippen molar-refractivity contribution in [2.24, 2.45) is 11.8 Å². The minimum atomic E-state index is -1.26. The van der Waals surface area contributed by atoms with Gasteiger partial charge in [-0.25, -0.2) is 5.48 Å². The second-order valence-corrected chi connectivity index (χ2v) is 7.59. The highest BCUT2D eigenvalue weighted by Crippen LogP contribution is 2.21. The van der Waals surface area contributed by atoms with Crippen molar-refractivity contribution < 1.29 is 25.1 Å². The van der Waals surface area contributed by atoms with Gasteiger partial charge in [-0.1, -0.05) is 56.3 Å². The van der Waals surface area contributed by atoms with E-state index in [0.29, 0.717) is 6.42 Å². The number of amides is 2. The summed E-state index contributed by atoms with van der Waals surface area (Å²) in [6.07, 6.45) is -0.615. The molecule has 8 heteroatoms. The van der Waals surface area contributed by atoms with Gasteiger partial charge in [0.25, 0.3) is 5.91 Å². The van der Waals surface area contributed by atoms with Gasteiger partial charge in [0.1, 0.15) is 12.3 Å². The summed E-state index contributed by atoms with van der Waals surface area (Å²) in [5.41, 5.74) is 4.20. The van der Waals surface area contributed by atoms with E-state index in [4.69, 9.17) is 10.4 Å². The summed E-state index contributed by atoms with van der Waals surface area (Å²) in [5, 5.41) is 32.3. The van der Waals surface area contributed by atoms with E-state index in [-0.39, 0.29) is 18.8 Å². The Labute approximate surface area is 169 Å². The summed E-state index contributed by atoms with van der Waals surface area (Å²) in [5.74, 6) is -1.61. The second-order valence-electron chi connectivity index (χ2n) is 7.59. The van der Waals surface area contributed by atoms with Gasteiger partial charge in [0.05, 0.1) is 0 Å². The summed E-state index contributed by atoms with van der Waals surface area (Å²) in [6, 6.07) is 12.4. The van der Waals surface area contributed by atoms with E-state index in [0.717, 1.165) is 16.3 Å². The van der Waals surface area contributed by atoms with Crippen molar-refractivity contribution in [3.63, 3.8) is 0 Å². The maximum Gasteiger partial charge on any atom is 0.266 e. The number of rotatable bonds is 10. The second kappa shape index (κ2) is 10.9. The molecule has 8 nitrogen and oxygen atoms in total. The topological polar surface area (TPSA) is 131 Å². The molecule has 0 bridgehead atoms. The Hall–Kier alpha value is -2.52. The van der Waals surface area contributed by atoms with Crippen molar-refractivity contribution in [2.45, 2.75) is 45.4 Å². The predicted octanol–water partition coefficient (Wildman–Crippen LogP) is 1.72. The van der Waals surface area contributed by atoms with Gasteiger partial charge in [-0.05, 0) is 28.7 Å². The number of carbonyl (C=O) groups is 2. The smallest absolute Gasteiger partial charge is 0.266 e. The molecule has 6 N–H and O–H groups in total. The van der Waals surface area contributed by atoms with Gasteiger partial charge in [0, 0.05) is 18.8 Å². The monoisotopic (exact) mass is 403 g/mol. The first-order valence-electron chi connectivity index (χ1n) is 9.64. The Kier molecular flexibility index (Phi) is 8.53. The Balaban J connectivity index is 2.22. The molecule has 0 saturated carbocycles. The molecule has 2 aromatic rings. The largest absolute Gasteiger partial charge is 0.376 e. The number of hydroxylamine groups is 2. The SMILES string of the molecule is CC(C)C[C@H](CC(O)NO)C(=O)N[C@@H](Cc1cccc2ccccc12)C(=O)NO. The summed E-state index contributed by atoms with van der Waals surface area (Å²) in [7, 11) is 0. The van der Waals surface area contributed by atoms with Crippen LogP contribution in [-0.2, 0) is 16.0 Å². The molecule has 0 aliphatic heterocycles. The lowest BCUT2D eigenvalue weighted by Gasteiger charge is -2.24. The summed E-state index contributed by atoms with van der Waals surface area (Å²) < 4.78 is 0. The molecule has 0 heterocycles. The maximum atomic E-state index is 12.8. The molecule has 0 saturated heterocycles. The minimum Gasteiger partial charge on any atom is -0.376 e. The summed E-state index contributed by atoms with van der Waals surface area (Å²) in [4.78, 5) is 25.1. The molecule has 1 unspecified atom stereocenters. The average molecular weight is 403 g/mol. The maximum absolute atomic E-state index is 12.8. The van der Waals surface area contributed by atoms with Gasteiger partial charge >= 0.3 is 0 Å². The van der Waals surface area contributed by atoms with Gasteiger partial charge in [0.2, 0.25) is 5.91 Å². The standard InChI is InChI=1S/C21H29N3O5/c1-13(2)10-16(12-19(25)23-28)20(26)22-18(21(27)24-29)11-15-8-5-7-14-6-3-4-9-17(14)15/h3-9,13,16,18-19,23,25,28-29H,10-12H2,1-2H3,(H,22,26)(H,24,27)/t16-,18+,19?/m1/s1. The highest BCUT2D eigenvalue weighted by atomic mass is 16.5. The van der Waals surface area contributed by atoms with Crippen LogP contribution in [0.5, 0.6) is 0 Å². The lowest BCUT2D eigenvalue weighted by molar-refractivity contribution is -0.136. The summed E-state index contributed by atoms with van der Waals surface area (Å²) >= 11 is 0. The fourth-order valence-electron chi connectivity index (χ4n) is 3.47. The number of benzene rings is 2. The van der Waals surface area contributed by atoms with Crippen LogP contribution in [0.15, 0.2) is 42.5 Å². The number of carbonyl (C=O) groups excluding carboxylic acids is 2. The molecule has 0 spiro atoms. The summed E-state index contributed by atoms with van der Waals surface area (Å²) in [6.45, 7) is 3.88. The number of fused-ring (bicyclic) bond motifs is 1. The molecule has 0 aliphatic carbocycles. The van der Waals surface area contributed by atoms with Crippen molar-refractivity contribution in [3.05, 3.63) is 48.0 Å². The molecule has 0 fully saturated rings. The Morgan fingerprint density at radius 3 is 2.31 bits per heavy atom. The first-order chi connectivity index (χ1) is 13.8. The molecule has 0 aliphatic rings. The van der Waals surface area contributed by atoms with E-state index in [2.05, 4.69) is 5.32 Å². The highest BCUT2D eigenvalue weighted by Gasteiger charge is 2.28. The number of aliphatic hydroxyl groups excluding tert-OH is 1. The third-order valence-electron chi connectivity index (χ3n) is 4.83. The quantitative estimate of drug-likeness (QED) is 0.203. The number of nitrogens with one attached hydrogen (secondary N) is 3. The third-order valence-corrected chi connectivity index (χ3v) is 4.83. The number of hydrogen-bond donors (Lipinski definition) is 6. The molecule has 0 aromatic heterocycles. The van der Waals surface area contributed by atoms with Crippen molar-refractivity contribution in [1.82, 2.24) is 16.3 Å². The van der Waals surface area contributed by atoms with Gasteiger partial charge in [-0.3, -0.25) is 14.8 Å². The van der Waals surface area contributed by atoms with Gasteiger partial charge in [-0.15, -0.1) is 0 Å². The van der Waals surface area contributed by atoms with Crippen molar-refractivity contribution >= 4 is 22.6 Å². The first kappa shape index (κ1) is 22.8. The molecular formula is C21H29N3O5. The van der Waals surface area contributed by atoms with Gasteiger partial charge in [-0.2, -0.15) is 5.48 Å². The lowest BCUT2D eigenvalue weighted by Crippen LogP contribution is -2.49. The van der Waals surface area contributed by atoms with E-state index < -0.39 is 30.0 Å². The molecule has 158 valence electrons. The van der Waals surface area contributed by atoms with Crippen LogP contribution in [0.1, 0.15) is 32.3 Å². The van der Waals surface area contributed by atoms with Crippen LogP contribution in [0.4, 0.5) is 0 Å². The van der Waals surface area contributed by atoms with Gasteiger partial charge < -0.3 is 15.6 Å². The first-order valence-corrected chi connectivity index (χ1v) is 9.64. The molecule has 2 aromatic carbocycles. The average Bonchev–Trinajstić information content (AvgIpc) is 2.71. The Bertz CT molecular complexity index is 822. The number of hydrogen-bond acceptors (Lipinski definition) is 6. The molecular weight excluding hydrogens is 374 g/mol. The minimum absolute atomic E-state index is 0.0117. The fourth-order valence-corrected chi connectivity index (χ4v) is 3.47. The molecule has 0 radical (unpaired) electrons. The Morgan fingerprint density at radius 1 is 0.966 bits per heavy atom. The van der Waals surface area contributed by atoms with Crippen LogP contribution >= 0.6 is 0 Å².